The largest absolute Gasteiger partial charge is 0.473 e. The van der Waals surface area contributed by atoms with Gasteiger partial charge in [0.15, 0.2) is 0 Å². The molecule has 33 heavy (non-hydrogen) atoms. The molecule has 0 radical (unpaired) electrons. The number of rotatable bonds is 7. The molecule has 3 N–H and O–H groups in total. The zero-order chi connectivity index (χ0) is 24.4. The molecule has 2 aromatic rings. The van der Waals surface area contributed by atoms with Crippen molar-refractivity contribution in [2.24, 2.45) is 0 Å². The second kappa shape index (κ2) is 12.5. The molecule has 0 unspecified atom stereocenters. The summed E-state index contributed by atoms with van der Waals surface area (Å²) in [5.41, 5.74) is 4.26. The van der Waals surface area contributed by atoms with E-state index in [0.717, 1.165) is 57.3 Å². The number of hydrogen-bond acceptors (Lipinski definition) is 4. The van der Waals surface area contributed by atoms with Crippen LogP contribution in [0, 0.1) is 6.92 Å². The van der Waals surface area contributed by atoms with E-state index in [1.807, 2.05) is 0 Å². The number of nitrogens with zero attached hydrogens (tertiary/aromatic N) is 1. The van der Waals surface area contributed by atoms with E-state index in [1.54, 1.807) is 0 Å². The molecule has 0 bridgehead atoms. The zero-order valence-electron chi connectivity index (χ0n) is 20.0. The summed E-state index contributed by atoms with van der Waals surface area (Å²) in [5.74, 6) is -3.48. The van der Waals surface area contributed by atoms with Gasteiger partial charge in [0.25, 0.3) is 0 Å². The lowest BCUT2D eigenvalue weighted by atomic mass is 9.73. The number of aliphatic hydroxyl groups is 1. The fraction of sp³-hybridized carbons (Fsp3) is 0.481. The van der Waals surface area contributed by atoms with E-state index < -0.39 is 17.5 Å². The average Bonchev–Trinajstić information content (AvgIpc) is 2.95. The molecule has 0 spiro atoms. The Morgan fingerprint density at radius 3 is 2.18 bits per heavy atom. The summed E-state index contributed by atoms with van der Waals surface area (Å²) in [6.07, 6.45) is 5.08. The van der Waals surface area contributed by atoms with Crippen molar-refractivity contribution in [1.82, 2.24) is 4.90 Å². The van der Waals surface area contributed by atoms with Gasteiger partial charge in [-0.3, -0.25) is 0 Å². The van der Waals surface area contributed by atoms with Crippen molar-refractivity contribution < 1.29 is 24.9 Å². The van der Waals surface area contributed by atoms with Crippen molar-refractivity contribution in [1.29, 1.82) is 0 Å². The minimum absolute atomic E-state index is 0.165. The van der Waals surface area contributed by atoms with Crippen molar-refractivity contribution in [2.75, 3.05) is 19.6 Å². The van der Waals surface area contributed by atoms with Crippen molar-refractivity contribution in [3.8, 4) is 0 Å². The summed E-state index contributed by atoms with van der Waals surface area (Å²) < 4.78 is 0. The van der Waals surface area contributed by atoms with Crippen LogP contribution in [-0.4, -0.2) is 51.8 Å². The van der Waals surface area contributed by atoms with Crippen LogP contribution in [0.4, 0.5) is 0 Å². The Hall–Kier alpha value is -2.70. The Balaban J connectivity index is 0.000000569. The number of aliphatic carboxylic acids is 2. The quantitative estimate of drug-likeness (QED) is 0.418. The Kier molecular flexibility index (Phi) is 10.1. The summed E-state index contributed by atoms with van der Waals surface area (Å²) in [5, 5.41) is 26.9. The first-order chi connectivity index (χ1) is 15.7. The first-order valence-electron chi connectivity index (χ1n) is 11.8. The number of benzene rings is 2. The van der Waals surface area contributed by atoms with E-state index in [-0.39, 0.29) is 5.92 Å². The van der Waals surface area contributed by atoms with Gasteiger partial charge in [-0.2, -0.15) is 0 Å². The van der Waals surface area contributed by atoms with Gasteiger partial charge >= 0.3 is 11.9 Å². The zero-order valence-corrected chi connectivity index (χ0v) is 20.0. The highest BCUT2D eigenvalue weighted by molar-refractivity contribution is 6.27. The van der Waals surface area contributed by atoms with Gasteiger partial charge in [-0.05, 0) is 75.4 Å². The third-order valence-electron chi connectivity index (χ3n) is 6.59. The topological polar surface area (TPSA) is 98.1 Å². The number of aryl methyl sites for hydroxylation is 2. The molecule has 0 fully saturated rings. The first kappa shape index (κ1) is 26.6. The maximum Gasteiger partial charge on any atom is 0.414 e. The summed E-state index contributed by atoms with van der Waals surface area (Å²) in [4.78, 5) is 20.7. The van der Waals surface area contributed by atoms with Gasteiger partial charge in [0.05, 0.1) is 5.60 Å². The van der Waals surface area contributed by atoms with Crippen LogP contribution in [0.5, 0.6) is 0 Å². The highest BCUT2D eigenvalue weighted by Gasteiger charge is 2.41. The normalized spacial score (nSPS) is 19.7. The van der Waals surface area contributed by atoms with Crippen LogP contribution in [0.2, 0.25) is 0 Å². The smallest absolute Gasteiger partial charge is 0.414 e. The average molecular weight is 456 g/mol. The van der Waals surface area contributed by atoms with Gasteiger partial charge in [-0.1, -0.05) is 67.9 Å². The third kappa shape index (κ3) is 7.14. The Morgan fingerprint density at radius 2 is 1.61 bits per heavy atom. The molecule has 0 amide bonds. The van der Waals surface area contributed by atoms with Crippen LogP contribution < -0.4 is 0 Å². The van der Waals surface area contributed by atoms with Gasteiger partial charge in [0, 0.05) is 5.92 Å². The standard InChI is InChI=1S/C25H35NO.C2H2O4/c1-4-26(5-2)19-9-18-25(27)23-12-7-6-10-21(23)11-8-13-24(25)22-16-14-20(3)15-17-22;3-1(4)2(5)6/h6-7,10,12,14-17,24,27H,4-5,8-9,11,13,18-19H2,1-3H3;(H,3,4)(H,5,6)/t24-,25-;/m1./s1. The molecule has 6 heteroatoms. The molecule has 3 rings (SSSR count). The van der Waals surface area contributed by atoms with Crippen LogP contribution in [0.15, 0.2) is 48.5 Å². The molecule has 1 aliphatic carbocycles. The van der Waals surface area contributed by atoms with Crippen LogP contribution in [0.3, 0.4) is 0 Å². The van der Waals surface area contributed by atoms with Crippen LogP contribution in [0.1, 0.15) is 67.7 Å². The van der Waals surface area contributed by atoms with Crippen LogP contribution in [-0.2, 0) is 21.6 Å². The fourth-order valence-corrected chi connectivity index (χ4v) is 4.75. The van der Waals surface area contributed by atoms with Gasteiger partial charge in [0.1, 0.15) is 0 Å². The van der Waals surface area contributed by atoms with Crippen molar-refractivity contribution in [3.63, 3.8) is 0 Å². The summed E-state index contributed by atoms with van der Waals surface area (Å²) in [6, 6.07) is 17.4. The molecular weight excluding hydrogens is 418 g/mol. The van der Waals surface area contributed by atoms with Gasteiger partial charge in [0.2, 0.25) is 0 Å². The number of carbonyl (C=O) groups is 2. The lowest BCUT2D eigenvalue weighted by Gasteiger charge is -2.37. The SMILES string of the molecule is CCN(CC)CCC[C@@]1(O)c2ccccc2CCC[C@@H]1c1ccc(C)cc1.O=C(O)C(=O)O. The Morgan fingerprint density at radius 1 is 1.00 bits per heavy atom. The minimum Gasteiger partial charge on any atom is -0.473 e. The number of carboxylic acid groups (broad SMARTS) is 2. The Bertz CT molecular complexity index is 895. The lowest BCUT2D eigenvalue weighted by Crippen LogP contribution is -2.35. The van der Waals surface area contributed by atoms with Crippen molar-refractivity contribution in [2.45, 2.75) is 64.4 Å². The summed E-state index contributed by atoms with van der Waals surface area (Å²) >= 11 is 0. The van der Waals surface area contributed by atoms with Gasteiger partial charge in [-0.25, -0.2) is 9.59 Å². The monoisotopic (exact) mass is 455 g/mol. The maximum absolute atomic E-state index is 12.1. The van der Waals surface area contributed by atoms with Crippen molar-refractivity contribution in [3.05, 3.63) is 70.8 Å². The van der Waals surface area contributed by atoms with E-state index in [0.29, 0.717) is 0 Å². The van der Waals surface area contributed by atoms with E-state index in [1.165, 1.54) is 16.7 Å². The molecule has 0 aliphatic heterocycles. The summed E-state index contributed by atoms with van der Waals surface area (Å²) in [6.45, 7) is 9.77. The van der Waals surface area contributed by atoms with Gasteiger partial charge < -0.3 is 20.2 Å². The fourth-order valence-electron chi connectivity index (χ4n) is 4.75. The van der Waals surface area contributed by atoms with E-state index in [9.17, 15) is 5.11 Å². The molecule has 1 aliphatic rings. The molecular formula is C27H37NO5. The Labute approximate surface area is 196 Å². The highest BCUT2D eigenvalue weighted by Crippen LogP contribution is 2.47. The second-order valence-corrected chi connectivity index (χ2v) is 8.68. The van der Waals surface area contributed by atoms with Crippen LogP contribution in [0.25, 0.3) is 0 Å². The van der Waals surface area contributed by atoms with Gasteiger partial charge in [-0.15, -0.1) is 0 Å². The predicted molar refractivity (Wildman–Crippen MR) is 129 cm³/mol. The molecule has 2 aromatic carbocycles. The maximum atomic E-state index is 12.1. The van der Waals surface area contributed by atoms with Crippen molar-refractivity contribution >= 4 is 11.9 Å². The number of carboxylic acids is 2. The molecule has 0 saturated heterocycles. The molecule has 6 nitrogen and oxygen atoms in total. The molecule has 0 heterocycles. The molecule has 180 valence electrons. The third-order valence-corrected chi connectivity index (χ3v) is 6.59. The van der Waals surface area contributed by atoms with Crippen LogP contribution >= 0.6 is 0 Å². The van der Waals surface area contributed by atoms with E-state index in [2.05, 4.69) is 74.2 Å². The number of hydrogen-bond donors (Lipinski definition) is 3. The highest BCUT2D eigenvalue weighted by atomic mass is 16.4. The predicted octanol–water partition coefficient (Wildman–Crippen LogP) is 4.58. The summed E-state index contributed by atoms with van der Waals surface area (Å²) in [7, 11) is 0. The second-order valence-electron chi connectivity index (χ2n) is 8.68. The minimum atomic E-state index is -1.82. The first-order valence-corrected chi connectivity index (χ1v) is 11.8. The molecule has 2 atom stereocenters. The molecule has 0 saturated carbocycles. The van der Waals surface area contributed by atoms with E-state index >= 15 is 0 Å². The number of fused-ring (bicyclic) bond motifs is 1. The lowest BCUT2D eigenvalue weighted by molar-refractivity contribution is -0.159. The van der Waals surface area contributed by atoms with E-state index in [4.69, 9.17) is 19.8 Å². The molecule has 0 aromatic heterocycles.